The van der Waals surface area contributed by atoms with Crippen molar-refractivity contribution in [3.63, 3.8) is 0 Å². The smallest absolute Gasteiger partial charge is 0.234 e. The van der Waals surface area contributed by atoms with E-state index < -0.39 is 0 Å². The van der Waals surface area contributed by atoms with Gasteiger partial charge in [-0.15, -0.1) is 0 Å². The minimum absolute atomic E-state index is 0.138. The summed E-state index contributed by atoms with van der Waals surface area (Å²) in [4.78, 5) is 16.8. The van der Waals surface area contributed by atoms with E-state index in [1.807, 2.05) is 17.8 Å². The van der Waals surface area contributed by atoms with Gasteiger partial charge in [-0.3, -0.25) is 9.69 Å². The molecule has 2 aromatic carbocycles. The first-order valence-electron chi connectivity index (χ1n) is 9.63. The molecule has 1 amide bonds. The van der Waals surface area contributed by atoms with Crippen molar-refractivity contribution in [3.05, 3.63) is 65.7 Å². The third-order valence-electron chi connectivity index (χ3n) is 4.82. The molecule has 0 atom stereocenters. The van der Waals surface area contributed by atoms with E-state index in [9.17, 15) is 4.79 Å². The Morgan fingerprint density at radius 1 is 1.00 bits per heavy atom. The monoisotopic (exact) mass is 383 g/mol. The summed E-state index contributed by atoms with van der Waals surface area (Å²) in [6.45, 7) is 7.17. The highest BCUT2D eigenvalue weighted by Crippen LogP contribution is 2.15. The normalized spacial score (nSPS) is 14.9. The first-order valence-corrected chi connectivity index (χ1v) is 10.8. The molecule has 0 saturated carbocycles. The number of piperazine rings is 1. The van der Waals surface area contributed by atoms with E-state index in [4.69, 9.17) is 0 Å². The molecule has 27 heavy (non-hydrogen) atoms. The standard InChI is InChI=1S/C22H29N3OS/c1-19-7-9-20(10-8-19)18-27-16-11-23-22(26)17-24-12-14-25(15-13-24)21-5-3-2-4-6-21/h2-10H,11-18H2,1H3,(H,23,26). The summed E-state index contributed by atoms with van der Waals surface area (Å²) < 4.78 is 0. The quantitative estimate of drug-likeness (QED) is 0.711. The Kier molecular flexibility index (Phi) is 7.60. The summed E-state index contributed by atoms with van der Waals surface area (Å²) in [5.41, 5.74) is 3.90. The molecular formula is C22H29N3OS. The molecule has 1 saturated heterocycles. The van der Waals surface area contributed by atoms with Crippen molar-refractivity contribution in [3.8, 4) is 0 Å². The first kappa shape index (κ1) is 19.8. The second-order valence-electron chi connectivity index (χ2n) is 6.99. The lowest BCUT2D eigenvalue weighted by atomic mass is 10.2. The SMILES string of the molecule is Cc1ccc(CSCCNC(=O)CN2CCN(c3ccccc3)CC2)cc1. The highest BCUT2D eigenvalue weighted by molar-refractivity contribution is 7.98. The van der Waals surface area contributed by atoms with Crippen molar-refractivity contribution in [2.24, 2.45) is 0 Å². The lowest BCUT2D eigenvalue weighted by molar-refractivity contribution is -0.122. The largest absolute Gasteiger partial charge is 0.369 e. The summed E-state index contributed by atoms with van der Waals surface area (Å²) in [7, 11) is 0. The number of nitrogens with zero attached hydrogens (tertiary/aromatic N) is 2. The number of carbonyl (C=O) groups is 1. The zero-order valence-electron chi connectivity index (χ0n) is 16.1. The van der Waals surface area contributed by atoms with Crippen LogP contribution in [0.5, 0.6) is 0 Å². The van der Waals surface area contributed by atoms with Crippen LogP contribution in [-0.2, 0) is 10.5 Å². The molecule has 0 radical (unpaired) electrons. The van der Waals surface area contributed by atoms with Crippen molar-refractivity contribution in [1.29, 1.82) is 0 Å². The van der Waals surface area contributed by atoms with Gasteiger partial charge in [0.2, 0.25) is 5.91 Å². The number of thioether (sulfide) groups is 1. The molecule has 3 rings (SSSR count). The number of aryl methyl sites for hydroxylation is 1. The van der Waals surface area contributed by atoms with Crippen LogP contribution in [-0.4, -0.2) is 55.8 Å². The molecule has 1 heterocycles. The summed E-state index contributed by atoms with van der Waals surface area (Å²) in [6.07, 6.45) is 0. The van der Waals surface area contributed by atoms with Crippen LogP contribution in [0.4, 0.5) is 5.69 Å². The van der Waals surface area contributed by atoms with Crippen LogP contribution >= 0.6 is 11.8 Å². The van der Waals surface area contributed by atoms with Crippen LogP contribution in [0.25, 0.3) is 0 Å². The number of nitrogens with one attached hydrogen (secondary N) is 1. The molecule has 0 aliphatic carbocycles. The fourth-order valence-corrected chi connectivity index (χ4v) is 4.02. The fraction of sp³-hybridized carbons (Fsp3) is 0.409. The summed E-state index contributed by atoms with van der Waals surface area (Å²) in [6, 6.07) is 19.1. The van der Waals surface area contributed by atoms with Crippen molar-refractivity contribution in [2.45, 2.75) is 12.7 Å². The van der Waals surface area contributed by atoms with Crippen LogP contribution in [0.3, 0.4) is 0 Å². The number of carbonyl (C=O) groups excluding carboxylic acids is 1. The van der Waals surface area contributed by atoms with Crippen LogP contribution in [0.15, 0.2) is 54.6 Å². The van der Waals surface area contributed by atoms with Crippen LogP contribution < -0.4 is 10.2 Å². The van der Waals surface area contributed by atoms with E-state index in [2.05, 4.69) is 70.6 Å². The Morgan fingerprint density at radius 3 is 2.41 bits per heavy atom. The van der Waals surface area contributed by atoms with E-state index >= 15 is 0 Å². The van der Waals surface area contributed by atoms with E-state index in [1.165, 1.54) is 16.8 Å². The van der Waals surface area contributed by atoms with E-state index in [0.29, 0.717) is 6.54 Å². The summed E-state index contributed by atoms with van der Waals surface area (Å²) >= 11 is 1.86. The molecule has 0 bridgehead atoms. The Hall–Kier alpha value is -1.98. The number of rotatable bonds is 8. The van der Waals surface area contributed by atoms with Gasteiger partial charge in [-0.25, -0.2) is 0 Å². The summed E-state index contributed by atoms with van der Waals surface area (Å²) in [5, 5.41) is 3.05. The van der Waals surface area contributed by atoms with Crippen LogP contribution in [0.2, 0.25) is 0 Å². The maximum Gasteiger partial charge on any atom is 0.234 e. The van der Waals surface area contributed by atoms with E-state index in [-0.39, 0.29) is 5.91 Å². The van der Waals surface area contributed by atoms with Crippen molar-refractivity contribution in [2.75, 3.05) is 49.9 Å². The Labute approximate surface area is 166 Å². The molecule has 0 spiro atoms. The second kappa shape index (κ2) is 10.4. The average molecular weight is 384 g/mol. The van der Waals surface area contributed by atoms with E-state index in [0.717, 1.165) is 44.2 Å². The third kappa shape index (κ3) is 6.60. The Morgan fingerprint density at radius 2 is 1.70 bits per heavy atom. The minimum Gasteiger partial charge on any atom is -0.369 e. The Balaban J connectivity index is 1.27. The van der Waals surface area contributed by atoms with Gasteiger partial charge in [0.25, 0.3) is 0 Å². The second-order valence-corrected chi connectivity index (χ2v) is 8.09. The molecule has 1 N–H and O–H groups in total. The van der Waals surface area contributed by atoms with Gasteiger partial charge >= 0.3 is 0 Å². The zero-order valence-corrected chi connectivity index (χ0v) is 16.9. The molecular weight excluding hydrogens is 354 g/mol. The van der Waals surface area contributed by atoms with Crippen molar-refractivity contribution < 1.29 is 4.79 Å². The van der Waals surface area contributed by atoms with Crippen molar-refractivity contribution >= 4 is 23.4 Å². The lowest BCUT2D eigenvalue weighted by Gasteiger charge is -2.35. The summed E-state index contributed by atoms with van der Waals surface area (Å²) in [5.74, 6) is 2.08. The number of para-hydroxylation sites is 1. The predicted molar refractivity (Wildman–Crippen MR) is 115 cm³/mol. The molecule has 4 nitrogen and oxygen atoms in total. The zero-order chi connectivity index (χ0) is 18.9. The van der Waals surface area contributed by atoms with Gasteiger partial charge in [0.15, 0.2) is 0 Å². The van der Waals surface area contributed by atoms with Gasteiger partial charge in [0, 0.05) is 49.9 Å². The van der Waals surface area contributed by atoms with Gasteiger partial charge in [-0.2, -0.15) is 11.8 Å². The maximum absolute atomic E-state index is 12.2. The number of hydrogen-bond donors (Lipinski definition) is 1. The topological polar surface area (TPSA) is 35.6 Å². The highest BCUT2D eigenvalue weighted by atomic mass is 32.2. The molecule has 1 aliphatic heterocycles. The molecule has 1 aliphatic rings. The van der Waals surface area contributed by atoms with Crippen LogP contribution in [0.1, 0.15) is 11.1 Å². The third-order valence-corrected chi connectivity index (χ3v) is 5.85. The van der Waals surface area contributed by atoms with Gasteiger partial charge < -0.3 is 10.2 Å². The van der Waals surface area contributed by atoms with Gasteiger partial charge in [-0.1, -0.05) is 48.0 Å². The van der Waals surface area contributed by atoms with Gasteiger partial charge in [0.1, 0.15) is 0 Å². The molecule has 144 valence electrons. The number of amides is 1. The Bertz CT molecular complexity index is 697. The lowest BCUT2D eigenvalue weighted by Crippen LogP contribution is -2.49. The number of anilines is 1. The van der Waals surface area contributed by atoms with Gasteiger partial charge in [-0.05, 0) is 24.6 Å². The number of benzene rings is 2. The molecule has 5 heteroatoms. The highest BCUT2D eigenvalue weighted by Gasteiger charge is 2.18. The molecule has 0 unspecified atom stereocenters. The van der Waals surface area contributed by atoms with Crippen LogP contribution in [0, 0.1) is 6.92 Å². The predicted octanol–water partition coefficient (Wildman–Crippen LogP) is 3.17. The molecule has 0 aromatic heterocycles. The molecule has 1 fully saturated rings. The maximum atomic E-state index is 12.2. The minimum atomic E-state index is 0.138. The fourth-order valence-electron chi connectivity index (χ4n) is 3.20. The van der Waals surface area contributed by atoms with Gasteiger partial charge in [0.05, 0.1) is 6.54 Å². The first-order chi connectivity index (χ1) is 13.2. The molecule has 2 aromatic rings. The average Bonchev–Trinajstić information content (AvgIpc) is 2.70. The van der Waals surface area contributed by atoms with Crippen molar-refractivity contribution in [1.82, 2.24) is 10.2 Å². The number of hydrogen-bond acceptors (Lipinski definition) is 4. The van der Waals surface area contributed by atoms with E-state index in [1.54, 1.807) is 0 Å².